The first-order chi connectivity index (χ1) is 9.76. The number of aromatic nitrogens is 1. The van der Waals surface area contributed by atoms with Gasteiger partial charge in [-0.1, -0.05) is 22.9 Å². The van der Waals surface area contributed by atoms with Gasteiger partial charge in [0.25, 0.3) is 5.91 Å². The van der Waals surface area contributed by atoms with Crippen molar-refractivity contribution in [2.75, 3.05) is 0 Å². The monoisotopic (exact) mass is 356 g/mol. The number of amides is 1. The second-order valence-corrected chi connectivity index (χ2v) is 5.89. The van der Waals surface area contributed by atoms with E-state index >= 15 is 0 Å². The fraction of sp³-hybridized carbons (Fsp3) is 0.286. The van der Waals surface area contributed by atoms with Gasteiger partial charge in [-0.2, -0.15) is 0 Å². The Morgan fingerprint density at radius 2 is 2.10 bits per heavy atom. The van der Waals surface area contributed by atoms with Gasteiger partial charge < -0.3 is 15.4 Å². The third kappa shape index (κ3) is 2.92. The maximum atomic E-state index is 13.8. The zero-order valence-corrected chi connectivity index (χ0v) is 13.0. The molecule has 7 heteroatoms. The summed E-state index contributed by atoms with van der Waals surface area (Å²) in [6.07, 6.45) is 0.230. The molecule has 3 N–H and O–H groups in total. The lowest BCUT2D eigenvalue weighted by Crippen LogP contribution is -2.51. The number of aliphatic carboxylic acids is 1. The molecule has 112 valence electrons. The molecular formula is C14H14BrFN2O3. The molecule has 2 aromatic rings. The number of carbonyl (C=O) groups excluding carboxylic acids is 1. The second kappa shape index (κ2) is 5.48. The molecule has 2 rings (SSSR count). The highest BCUT2D eigenvalue weighted by Gasteiger charge is 2.33. The maximum Gasteiger partial charge on any atom is 0.329 e. The Morgan fingerprint density at radius 1 is 1.43 bits per heavy atom. The summed E-state index contributed by atoms with van der Waals surface area (Å²) < 4.78 is 14.3. The number of rotatable bonds is 4. The zero-order valence-electron chi connectivity index (χ0n) is 11.5. The predicted molar refractivity (Wildman–Crippen MR) is 79.8 cm³/mol. The molecule has 0 radical (unpaired) electrons. The van der Waals surface area contributed by atoms with Crippen LogP contribution in [-0.2, 0) is 4.79 Å². The number of nitrogens with one attached hydrogen (secondary N) is 2. The van der Waals surface area contributed by atoms with Gasteiger partial charge in [-0.05, 0) is 31.5 Å². The number of carboxylic acids is 1. The molecule has 0 saturated carbocycles. The van der Waals surface area contributed by atoms with Crippen LogP contribution in [0.3, 0.4) is 0 Å². The summed E-state index contributed by atoms with van der Waals surface area (Å²) in [4.78, 5) is 26.1. The van der Waals surface area contributed by atoms with Crippen molar-refractivity contribution in [3.63, 3.8) is 0 Å². The second-order valence-electron chi connectivity index (χ2n) is 4.98. The Balaban J connectivity index is 2.36. The van der Waals surface area contributed by atoms with Gasteiger partial charge >= 0.3 is 5.97 Å². The average Bonchev–Trinajstić information content (AvgIpc) is 2.82. The van der Waals surface area contributed by atoms with E-state index < -0.39 is 23.2 Å². The molecule has 1 heterocycles. The SMILES string of the molecule is CCC(C)(NC(=O)c1cc2c(F)cc(Br)cc2[nH]1)C(=O)O. The lowest BCUT2D eigenvalue weighted by atomic mass is 9.99. The van der Waals surface area contributed by atoms with Gasteiger partial charge in [0, 0.05) is 9.86 Å². The van der Waals surface area contributed by atoms with Crippen LogP contribution in [0.2, 0.25) is 0 Å². The van der Waals surface area contributed by atoms with E-state index in [1.807, 2.05) is 0 Å². The van der Waals surface area contributed by atoms with E-state index in [-0.39, 0.29) is 17.5 Å². The topological polar surface area (TPSA) is 82.2 Å². The minimum Gasteiger partial charge on any atom is -0.480 e. The van der Waals surface area contributed by atoms with Crippen molar-refractivity contribution in [1.29, 1.82) is 0 Å². The van der Waals surface area contributed by atoms with Crippen LogP contribution in [0, 0.1) is 5.82 Å². The average molecular weight is 357 g/mol. The Morgan fingerprint density at radius 3 is 2.67 bits per heavy atom. The summed E-state index contributed by atoms with van der Waals surface area (Å²) in [6.45, 7) is 3.09. The minimum atomic E-state index is -1.37. The molecule has 1 atom stereocenters. The van der Waals surface area contributed by atoms with Crippen molar-refractivity contribution in [3.8, 4) is 0 Å². The first-order valence-corrected chi connectivity index (χ1v) is 7.10. The first-order valence-electron chi connectivity index (χ1n) is 6.30. The summed E-state index contributed by atoms with van der Waals surface area (Å²) in [6, 6.07) is 4.31. The van der Waals surface area contributed by atoms with E-state index in [0.717, 1.165) is 0 Å². The van der Waals surface area contributed by atoms with Gasteiger partial charge in [-0.3, -0.25) is 4.79 Å². The van der Waals surface area contributed by atoms with Crippen molar-refractivity contribution in [1.82, 2.24) is 10.3 Å². The number of fused-ring (bicyclic) bond motifs is 1. The van der Waals surface area contributed by atoms with Gasteiger partial charge in [0.05, 0.1) is 5.52 Å². The normalized spacial score (nSPS) is 13.9. The number of hydrogen-bond donors (Lipinski definition) is 3. The third-order valence-corrected chi connectivity index (χ3v) is 3.92. The van der Waals surface area contributed by atoms with Gasteiger partial charge in [-0.15, -0.1) is 0 Å². The van der Waals surface area contributed by atoms with Crippen molar-refractivity contribution < 1.29 is 19.1 Å². The third-order valence-electron chi connectivity index (χ3n) is 3.47. The van der Waals surface area contributed by atoms with E-state index in [1.54, 1.807) is 13.0 Å². The zero-order chi connectivity index (χ0) is 15.8. The Hall–Kier alpha value is -1.89. The van der Waals surface area contributed by atoms with E-state index in [4.69, 9.17) is 5.11 Å². The quantitative estimate of drug-likeness (QED) is 0.787. The standard InChI is InChI=1S/C14H14BrFN2O3/c1-3-14(2,13(20)21)18-12(19)11-6-8-9(16)4-7(15)5-10(8)17-11/h4-6,17H,3H2,1-2H3,(H,18,19)(H,20,21). The molecule has 0 aliphatic rings. The van der Waals surface area contributed by atoms with Crippen LogP contribution >= 0.6 is 15.9 Å². The van der Waals surface area contributed by atoms with Crippen molar-refractivity contribution in [3.05, 3.63) is 34.2 Å². The molecule has 0 aliphatic carbocycles. The molecule has 1 unspecified atom stereocenters. The summed E-state index contributed by atoms with van der Waals surface area (Å²) in [7, 11) is 0. The maximum absolute atomic E-state index is 13.8. The minimum absolute atomic E-state index is 0.114. The Labute approximate surface area is 128 Å². The molecule has 0 fully saturated rings. The van der Waals surface area contributed by atoms with E-state index in [2.05, 4.69) is 26.2 Å². The van der Waals surface area contributed by atoms with Crippen LogP contribution in [0.1, 0.15) is 30.8 Å². The van der Waals surface area contributed by atoms with E-state index in [9.17, 15) is 14.0 Å². The van der Waals surface area contributed by atoms with Crippen molar-refractivity contribution in [2.24, 2.45) is 0 Å². The molecule has 0 bridgehead atoms. The van der Waals surface area contributed by atoms with Gasteiger partial charge in [0.15, 0.2) is 0 Å². The van der Waals surface area contributed by atoms with E-state index in [1.165, 1.54) is 19.1 Å². The van der Waals surface area contributed by atoms with Gasteiger partial charge in [0.1, 0.15) is 17.1 Å². The summed E-state index contributed by atoms with van der Waals surface area (Å²) >= 11 is 3.17. The molecule has 1 aromatic carbocycles. The number of halogens is 2. The fourth-order valence-electron chi connectivity index (χ4n) is 1.89. The predicted octanol–water partition coefficient (Wildman–Crippen LogP) is 3.05. The van der Waals surface area contributed by atoms with Crippen LogP contribution in [0.15, 0.2) is 22.7 Å². The molecule has 21 heavy (non-hydrogen) atoms. The number of H-pyrrole nitrogens is 1. The van der Waals surface area contributed by atoms with E-state index in [0.29, 0.717) is 9.99 Å². The summed E-state index contributed by atoms with van der Waals surface area (Å²) in [5, 5.41) is 11.9. The van der Waals surface area contributed by atoms with Crippen LogP contribution < -0.4 is 5.32 Å². The van der Waals surface area contributed by atoms with Crippen LogP contribution in [0.5, 0.6) is 0 Å². The molecule has 0 saturated heterocycles. The van der Waals surface area contributed by atoms with Crippen LogP contribution in [0.4, 0.5) is 4.39 Å². The molecular weight excluding hydrogens is 343 g/mol. The fourth-order valence-corrected chi connectivity index (χ4v) is 2.32. The van der Waals surface area contributed by atoms with Crippen molar-refractivity contribution >= 4 is 38.7 Å². The number of carboxylic acid groups (broad SMARTS) is 1. The van der Waals surface area contributed by atoms with Gasteiger partial charge in [0.2, 0.25) is 0 Å². The van der Waals surface area contributed by atoms with Crippen LogP contribution in [0.25, 0.3) is 10.9 Å². The lowest BCUT2D eigenvalue weighted by Gasteiger charge is -2.24. The number of benzene rings is 1. The smallest absolute Gasteiger partial charge is 0.329 e. The molecule has 0 aliphatic heterocycles. The number of aromatic amines is 1. The molecule has 5 nitrogen and oxygen atoms in total. The van der Waals surface area contributed by atoms with Crippen LogP contribution in [-0.4, -0.2) is 27.5 Å². The van der Waals surface area contributed by atoms with Crippen molar-refractivity contribution in [2.45, 2.75) is 25.8 Å². The Bertz CT molecular complexity index is 728. The number of carbonyl (C=O) groups is 2. The summed E-state index contributed by atoms with van der Waals surface area (Å²) in [5.41, 5.74) is -0.795. The molecule has 0 spiro atoms. The highest BCUT2D eigenvalue weighted by molar-refractivity contribution is 9.10. The lowest BCUT2D eigenvalue weighted by molar-refractivity contribution is -0.143. The largest absolute Gasteiger partial charge is 0.480 e. The first kappa shape index (κ1) is 15.5. The number of hydrogen-bond acceptors (Lipinski definition) is 2. The molecule has 1 aromatic heterocycles. The highest BCUT2D eigenvalue weighted by Crippen LogP contribution is 2.24. The Kier molecular flexibility index (Phi) is 4.04. The van der Waals surface area contributed by atoms with Gasteiger partial charge in [-0.25, -0.2) is 9.18 Å². The summed E-state index contributed by atoms with van der Waals surface area (Å²) in [5.74, 6) is -2.18. The molecule has 1 amide bonds. The highest BCUT2D eigenvalue weighted by atomic mass is 79.9.